The van der Waals surface area contributed by atoms with Crippen molar-refractivity contribution in [2.75, 3.05) is 19.8 Å². The van der Waals surface area contributed by atoms with Crippen molar-refractivity contribution in [1.29, 1.82) is 0 Å². The lowest BCUT2D eigenvalue weighted by Gasteiger charge is -2.13. The van der Waals surface area contributed by atoms with Crippen LogP contribution in [-0.2, 0) is 9.47 Å². The van der Waals surface area contributed by atoms with Crippen molar-refractivity contribution in [2.24, 2.45) is 0 Å². The molecule has 1 aliphatic heterocycles. The molecule has 0 unspecified atom stereocenters. The second kappa shape index (κ2) is 4.34. The first-order valence-corrected chi connectivity index (χ1v) is 3.80. The molecule has 0 spiro atoms. The molecule has 0 aromatic rings. The molecule has 1 saturated heterocycles. The summed E-state index contributed by atoms with van der Waals surface area (Å²) in [6.07, 6.45) is 3.96. The Morgan fingerprint density at radius 1 is 1.50 bits per heavy atom. The molecule has 58 valence electrons. The molecule has 0 atom stereocenters. The van der Waals surface area contributed by atoms with Crippen LogP contribution in [0.2, 0.25) is 0 Å². The molecule has 0 saturated carbocycles. The monoisotopic (exact) mass is 142 g/mol. The molecule has 0 aromatic carbocycles. The fourth-order valence-corrected chi connectivity index (χ4v) is 0.953. The van der Waals surface area contributed by atoms with E-state index in [2.05, 4.69) is 0 Å². The zero-order valence-corrected chi connectivity index (χ0v) is 6.43. The highest BCUT2D eigenvalue weighted by Gasteiger charge is 2.04. The average molecular weight is 142 g/mol. The molecule has 0 radical (unpaired) electrons. The van der Waals surface area contributed by atoms with Gasteiger partial charge in [0.1, 0.15) is 0 Å². The van der Waals surface area contributed by atoms with Gasteiger partial charge in [0, 0.05) is 0 Å². The molecule has 1 rings (SSSR count). The first-order valence-electron chi connectivity index (χ1n) is 3.80. The molecule has 1 fully saturated rings. The van der Waals surface area contributed by atoms with E-state index < -0.39 is 0 Å². The van der Waals surface area contributed by atoms with Crippen LogP contribution in [0.3, 0.4) is 0 Å². The molecular formula is C8H14O2. The Morgan fingerprint density at radius 3 is 2.80 bits per heavy atom. The van der Waals surface area contributed by atoms with Crippen molar-refractivity contribution >= 4 is 0 Å². The van der Waals surface area contributed by atoms with Crippen molar-refractivity contribution < 1.29 is 9.47 Å². The maximum Gasteiger partial charge on any atom is 0.0845 e. The Balaban J connectivity index is 2.23. The third kappa shape index (κ3) is 2.40. The summed E-state index contributed by atoms with van der Waals surface area (Å²) in [5.41, 5.74) is 1.38. The SMILES string of the molecule is CCOC=C1CCOCC1. The van der Waals surface area contributed by atoms with Gasteiger partial charge in [-0.15, -0.1) is 0 Å². The summed E-state index contributed by atoms with van der Waals surface area (Å²) in [4.78, 5) is 0. The normalized spacial score (nSPS) is 18.7. The summed E-state index contributed by atoms with van der Waals surface area (Å²) in [5.74, 6) is 0. The highest BCUT2D eigenvalue weighted by Crippen LogP contribution is 2.12. The van der Waals surface area contributed by atoms with Gasteiger partial charge in [-0.05, 0) is 25.3 Å². The van der Waals surface area contributed by atoms with Crippen molar-refractivity contribution in [3.05, 3.63) is 11.8 Å². The lowest BCUT2D eigenvalue weighted by atomic mass is 10.1. The van der Waals surface area contributed by atoms with Gasteiger partial charge in [0.2, 0.25) is 0 Å². The number of rotatable bonds is 2. The molecule has 0 amide bonds. The fourth-order valence-electron chi connectivity index (χ4n) is 0.953. The molecule has 0 aromatic heterocycles. The lowest BCUT2D eigenvalue weighted by molar-refractivity contribution is 0.116. The Hall–Kier alpha value is -0.500. The van der Waals surface area contributed by atoms with Crippen LogP contribution in [0, 0.1) is 0 Å². The van der Waals surface area contributed by atoms with E-state index in [1.807, 2.05) is 13.2 Å². The maximum atomic E-state index is 5.18. The highest BCUT2D eigenvalue weighted by molar-refractivity contribution is 4.99. The third-order valence-corrected chi connectivity index (χ3v) is 1.55. The number of hydrogen-bond donors (Lipinski definition) is 0. The molecule has 2 nitrogen and oxygen atoms in total. The van der Waals surface area contributed by atoms with Gasteiger partial charge in [-0.1, -0.05) is 0 Å². The van der Waals surface area contributed by atoms with Crippen LogP contribution < -0.4 is 0 Å². The quantitative estimate of drug-likeness (QED) is 0.546. The van der Waals surface area contributed by atoms with Gasteiger partial charge in [0.25, 0.3) is 0 Å². The van der Waals surface area contributed by atoms with Crippen LogP contribution in [-0.4, -0.2) is 19.8 Å². The largest absolute Gasteiger partial charge is 0.502 e. The summed E-state index contributed by atoms with van der Waals surface area (Å²) < 4.78 is 10.3. The van der Waals surface area contributed by atoms with Crippen molar-refractivity contribution in [3.63, 3.8) is 0 Å². The van der Waals surface area contributed by atoms with Crippen LogP contribution in [0.15, 0.2) is 11.8 Å². The molecule has 1 heterocycles. The van der Waals surface area contributed by atoms with Crippen LogP contribution >= 0.6 is 0 Å². The molecule has 0 aliphatic carbocycles. The second-order valence-electron chi connectivity index (χ2n) is 2.34. The predicted octanol–water partition coefficient (Wildman–Crippen LogP) is 1.72. The fraction of sp³-hybridized carbons (Fsp3) is 0.750. The van der Waals surface area contributed by atoms with Gasteiger partial charge in [0.15, 0.2) is 0 Å². The third-order valence-electron chi connectivity index (χ3n) is 1.55. The van der Waals surface area contributed by atoms with E-state index in [0.29, 0.717) is 0 Å². The summed E-state index contributed by atoms with van der Waals surface area (Å²) in [5, 5.41) is 0. The lowest BCUT2D eigenvalue weighted by Crippen LogP contribution is -2.07. The Labute approximate surface area is 61.8 Å². The summed E-state index contributed by atoms with van der Waals surface area (Å²) >= 11 is 0. The van der Waals surface area contributed by atoms with Crippen LogP contribution in [0.4, 0.5) is 0 Å². The van der Waals surface area contributed by atoms with Gasteiger partial charge < -0.3 is 9.47 Å². The van der Waals surface area contributed by atoms with E-state index in [1.165, 1.54) is 5.57 Å². The second-order valence-corrected chi connectivity index (χ2v) is 2.34. The first-order chi connectivity index (χ1) is 4.93. The zero-order valence-electron chi connectivity index (χ0n) is 6.43. The van der Waals surface area contributed by atoms with E-state index in [1.54, 1.807) is 0 Å². The minimum absolute atomic E-state index is 0.768. The Bertz CT molecular complexity index is 110. The standard InChI is InChI=1S/C8H14O2/c1-2-9-7-8-3-5-10-6-4-8/h7H,2-6H2,1H3. The number of hydrogen-bond acceptors (Lipinski definition) is 2. The maximum absolute atomic E-state index is 5.18. The minimum Gasteiger partial charge on any atom is -0.502 e. The van der Waals surface area contributed by atoms with Gasteiger partial charge in [-0.2, -0.15) is 0 Å². The molecule has 2 heteroatoms. The van der Waals surface area contributed by atoms with Crippen LogP contribution in [0.25, 0.3) is 0 Å². The van der Waals surface area contributed by atoms with Crippen LogP contribution in [0.1, 0.15) is 19.8 Å². The Morgan fingerprint density at radius 2 is 2.20 bits per heavy atom. The van der Waals surface area contributed by atoms with E-state index >= 15 is 0 Å². The molecule has 0 N–H and O–H groups in total. The smallest absolute Gasteiger partial charge is 0.0845 e. The van der Waals surface area contributed by atoms with Gasteiger partial charge in [0.05, 0.1) is 26.1 Å². The van der Waals surface area contributed by atoms with E-state index in [0.717, 1.165) is 32.7 Å². The zero-order chi connectivity index (χ0) is 7.23. The number of ether oxygens (including phenoxy) is 2. The van der Waals surface area contributed by atoms with Gasteiger partial charge >= 0.3 is 0 Å². The molecular weight excluding hydrogens is 128 g/mol. The molecule has 1 aliphatic rings. The van der Waals surface area contributed by atoms with E-state index in [-0.39, 0.29) is 0 Å². The summed E-state index contributed by atoms with van der Waals surface area (Å²) in [7, 11) is 0. The molecule has 0 bridgehead atoms. The average Bonchev–Trinajstić information content (AvgIpc) is 2.03. The first kappa shape index (κ1) is 7.61. The summed E-state index contributed by atoms with van der Waals surface area (Å²) in [6.45, 7) is 4.48. The van der Waals surface area contributed by atoms with E-state index in [4.69, 9.17) is 9.47 Å². The van der Waals surface area contributed by atoms with Gasteiger partial charge in [-0.25, -0.2) is 0 Å². The van der Waals surface area contributed by atoms with Gasteiger partial charge in [-0.3, -0.25) is 0 Å². The minimum atomic E-state index is 0.768. The van der Waals surface area contributed by atoms with E-state index in [9.17, 15) is 0 Å². The summed E-state index contributed by atoms with van der Waals surface area (Å²) in [6, 6.07) is 0. The Kier molecular flexibility index (Phi) is 3.30. The highest BCUT2D eigenvalue weighted by atomic mass is 16.5. The van der Waals surface area contributed by atoms with Crippen LogP contribution in [0.5, 0.6) is 0 Å². The van der Waals surface area contributed by atoms with Crippen molar-refractivity contribution in [1.82, 2.24) is 0 Å². The van der Waals surface area contributed by atoms with Crippen molar-refractivity contribution in [3.8, 4) is 0 Å². The predicted molar refractivity (Wildman–Crippen MR) is 39.8 cm³/mol. The topological polar surface area (TPSA) is 18.5 Å². The van der Waals surface area contributed by atoms with Crippen molar-refractivity contribution in [2.45, 2.75) is 19.8 Å². The molecule has 10 heavy (non-hydrogen) atoms.